The van der Waals surface area contributed by atoms with E-state index in [2.05, 4.69) is 0 Å². The van der Waals surface area contributed by atoms with Crippen molar-refractivity contribution in [1.29, 1.82) is 0 Å². The summed E-state index contributed by atoms with van der Waals surface area (Å²) >= 11 is 1.68. The maximum Gasteiger partial charge on any atom is 0.124 e. The first-order valence-electron chi connectivity index (χ1n) is 5.46. The van der Waals surface area contributed by atoms with Crippen LogP contribution in [0.3, 0.4) is 0 Å². The molecule has 1 saturated heterocycles. The Hall–Kier alpha value is -0.580. The van der Waals surface area contributed by atoms with Crippen molar-refractivity contribution in [2.24, 2.45) is 5.73 Å². The molecule has 1 aromatic rings. The molecule has 0 spiro atoms. The lowest BCUT2D eigenvalue weighted by Gasteiger charge is -2.35. The number of ether oxygens (including phenoxy) is 1. The molecule has 2 N–H and O–H groups in total. The van der Waals surface area contributed by atoms with Gasteiger partial charge in [0.25, 0.3) is 0 Å². The molecule has 0 atom stereocenters. The molecule has 0 aliphatic carbocycles. The third-order valence-electron chi connectivity index (χ3n) is 2.91. The number of halogens is 1. The first-order chi connectivity index (χ1) is 7.74. The van der Waals surface area contributed by atoms with Gasteiger partial charge in [-0.3, -0.25) is 0 Å². The molecule has 1 heterocycles. The Morgan fingerprint density at radius 1 is 1.38 bits per heavy atom. The fraction of sp³-hybridized carbons (Fsp3) is 0.500. The standard InChI is InChI=1S/C12H16FNOS/c13-10-2-1-3-11(8-10)16-12(9-14)4-6-15-7-5-12/h1-3,8H,4-7,9,14H2. The van der Waals surface area contributed by atoms with Gasteiger partial charge in [0.1, 0.15) is 5.82 Å². The Balaban J connectivity index is 2.11. The highest BCUT2D eigenvalue weighted by Crippen LogP contribution is 2.39. The van der Waals surface area contributed by atoms with Crippen LogP contribution in [0.15, 0.2) is 29.2 Å². The number of hydrogen-bond acceptors (Lipinski definition) is 3. The van der Waals surface area contributed by atoms with Gasteiger partial charge in [-0.1, -0.05) is 6.07 Å². The van der Waals surface area contributed by atoms with Gasteiger partial charge in [-0.25, -0.2) is 4.39 Å². The predicted octanol–water partition coefficient (Wildman–Crippen LogP) is 2.43. The molecular weight excluding hydrogens is 225 g/mol. The summed E-state index contributed by atoms with van der Waals surface area (Å²) < 4.78 is 18.4. The van der Waals surface area contributed by atoms with Crippen LogP contribution in [0, 0.1) is 5.82 Å². The average molecular weight is 241 g/mol. The molecule has 0 saturated carbocycles. The van der Waals surface area contributed by atoms with Crippen LogP contribution < -0.4 is 5.73 Å². The van der Waals surface area contributed by atoms with E-state index in [1.807, 2.05) is 6.07 Å². The van der Waals surface area contributed by atoms with E-state index in [0.717, 1.165) is 31.0 Å². The molecule has 1 aromatic carbocycles. The number of rotatable bonds is 3. The molecule has 2 nitrogen and oxygen atoms in total. The summed E-state index contributed by atoms with van der Waals surface area (Å²) in [4.78, 5) is 0.951. The molecular formula is C12H16FNOS. The summed E-state index contributed by atoms with van der Waals surface area (Å²) in [5.74, 6) is -0.191. The van der Waals surface area contributed by atoms with Crippen molar-refractivity contribution in [2.45, 2.75) is 22.5 Å². The minimum Gasteiger partial charge on any atom is -0.381 e. The summed E-state index contributed by atoms with van der Waals surface area (Å²) in [5, 5.41) is 0. The summed E-state index contributed by atoms with van der Waals surface area (Å²) in [6.07, 6.45) is 1.87. The highest BCUT2D eigenvalue weighted by molar-refractivity contribution is 8.00. The minimum absolute atomic E-state index is 0.0199. The topological polar surface area (TPSA) is 35.2 Å². The second-order valence-corrected chi connectivity index (χ2v) is 5.60. The third kappa shape index (κ3) is 2.75. The predicted molar refractivity (Wildman–Crippen MR) is 64.1 cm³/mol. The normalized spacial score (nSPS) is 19.6. The monoisotopic (exact) mass is 241 g/mol. The van der Waals surface area contributed by atoms with Gasteiger partial charge < -0.3 is 10.5 Å². The maximum absolute atomic E-state index is 13.1. The SMILES string of the molecule is NCC1(Sc2cccc(F)c2)CCOCC1. The van der Waals surface area contributed by atoms with Crippen LogP contribution in [-0.4, -0.2) is 24.5 Å². The van der Waals surface area contributed by atoms with Crippen molar-refractivity contribution >= 4 is 11.8 Å². The highest BCUT2D eigenvalue weighted by Gasteiger charge is 2.32. The van der Waals surface area contributed by atoms with Gasteiger partial charge in [-0.15, -0.1) is 11.8 Å². The van der Waals surface area contributed by atoms with Crippen LogP contribution >= 0.6 is 11.8 Å². The molecule has 0 bridgehead atoms. The highest BCUT2D eigenvalue weighted by atomic mass is 32.2. The van der Waals surface area contributed by atoms with Gasteiger partial charge in [0, 0.05) is 29.4 Å². The molecule has 88 valence electrons. The second-order valence-electron chi connectivity index (χ2n) is 4.06. The first kappa shape index (κ1) is 11.9. The molecule has 0 amide bonds. The number of benzene rings is 1. The smallest absolute Gasteiger partial charge is 0.124 e. The van der Waals surface area contributed by atoms with Crippen molar-refractivity contribution in [1.82, 2.24) is 0 Å². The third-order valence-corrected chi connectivity index (χ3v) is 4.40. The Morgan fingerprint density at radius 2 is 2.12 bits per heavy atom. The van der Waals surface area contributed by atoms with Crippen LogP contribution in [-0.2, 0) is 4.74 Å². The van der Waals surface area contributed by atoms with E-state index in [0.29, 0.717) is 6.54 Å². The van der Waals surface area contributed by atoms with Gasteiger partial charge in [0.2, 0.25) is 0 Å². The molecule has 1 aliphatic heterocycles. The van der Waals surface area contributed by atoms with Crippen molar-refractivity contribution in [3.63, 3.8) is 0 Å². The average Bonchev–Trinajstić information content (AvgIpc) is 2.30. The summed E-state index contributed by atoms with van der Waals surface area (Å²) in [6.45, 7) is 2.11. The van der Waals surface area contributed by atoms with E-state index in [1.54, 1.807) is 23.9 Å². The molecule has 4 heteroatoms. The minimum atomic E-state index is -0.191. The number of hydrogen-bond donors (Lipinski definition) is 1. The van der Waals surface area contributed by atoms with Crippen LogP contribution in [0.5, 0.6) is 0 Å². The van der Waals surface area contributed by atoms with E-state index in [9.17, 15) is 4.39 Å². The van der Waals surface area contributed by atoms with Gasteiger partial charge in [-0.05, 0) is 31.0 Å². The zero-order valence-electron chi connectivity index (χ0n) is 9.12. The van der Waals surface area contributed by atoms with Crippen molar-refractivity contribution in [3.05, 3.63) is 30.1 Å². The summed E-state index contributed by atoms with van der Waals surface area (Å²) in [7, 11) is 0. The molecule has 16 heavy (non-hydrogen) atoms. The van der Waals surface area contributed by atoms with Gasteiger partial charge in [0.05, 0.1) is 0 Å². The van der Waals surface area contributed by atoms with Crippen LogP contribution in [0.4, 0.5) is 4.39 Å². The molecule has 1 aliphatic rings. The Labute approximate surface area is 99.4 Å². The second kappa shape index (κ2) is 5.17. The Bertz CT molecular complexity index is 353. The van der Waals surface area contributed by atoms with Gasteiger partial charge in [0.15, 0.2) is 0 Å². The molecule has 1 fully saturated rings. The summed E-state index contributed by atoms with van der Waals surface area (Å²) in [6, 6.07) is 6.70. The van der Waals surface area contributed by atoms with E-state index in [1.165, 1.54) is 6.07 Å². The first-order valence-corrected chi connectivity index (χ1v) is 6.28. The molecule has 0 aromatic heterocycles. The quantitative estimate of drug-likeness (QED) is 0.882. The largest absolute Gasteiger partial charge is 0.381 e. The Morgan fingerprint density at radius 3 is 2.75 bits per heavy atom. The fourth-order valence-electron chi connectivity index (χ4n) is 1.87. The van der Waals surface area contributed by atoms with Crippen LogP contribution in [0.2, 0.25) is 0 Å². The van der Waals surface area contributed by atoms with Crippen molar-refractivity contribution < 1.29 is 9.13 Å². The fourth-order valence-corrected chi connectivity index (χ4v) is 3.14. The lowest BCUT2D eigenvalue weighted by Crippen LogP contribution is -2.40. The summed E-state index contributed by atoms with van der Waals surface area (Å²) in [5.41, 5.74) is 5.85. The molecule has 0 unspecified atom stereocenters. The number of thioether (sulfide) groups is 1. The van der Waals surface area contributed by atoms with Crippen LogP contribution in [0.1, 0.15) is 12.8 Å². The van der Waals surface area contributed by atoms with Gasteiger partial charge in [-0.2, -0.15) is 0 Å². The molecule has 2 rings (SSSR count). The number of nitrogens with two attached hydrogens (primary N) is 1. The van der Waals surface area contributed by atoms with Crippen molar-refractivity contribution in [3.8, 4) is 0 Å². The zero-order chi connectivity index (χ0) is 11.4. The van der Waals surface area contributed by atoms with E-state index in [-0.39, 0.29) is 10.6 Å². The maximum atomic E-state index is 13.1. The van der Waals surface area contributed by atoms with E-state index < -0.39 is 0 Å². The zero-order valence-corrected chi connectivity index (χ0v) is 9.93. The lowest BCUT2D eigenvalue weighted by molar-refractivity contribution is 0.0792. The lowest BCUT2D eigenvalue weighted by atomic mass is 9.99. The van der Waals surface area contributed by atoms with Gasteiger partial charge >= 0.3 is 0 Å². The van der Waals surface area contributed by atoms with Crippen LogP contribution in [0.25, 0.3) is 0 Å². The Kier molecular flexibility index (Phi) is 3.84. The van der Waals surface area contributed by atoms with E-state index in [4.69, 9.17) is 10.5 Å². The molecule has 0 radical (unpaired) electrons. The van der Waals surface area contributed by atoms with E-state index >= 15 is 0 Å². The van der Waals surface area contributed by atoms with Crippen molar-refractivity contribution in [2.75, 3.05) is 19.8 Å².